The van der Waals surface area contributed by atoms with Crippen LogP contribution in [0.3, 0.4) is 0 Å². The molecular formula is C17H17Cl2N3O. The molecule has 1 amide bonds. The van der Waals surface area contributed by atoms with E-state index in [1.54, 1.807) is 36.5 Å². The van der Waals surface area contributed by atoms with Crippen LogP contribution < -0.4 is 10.6 Å². The molecule has 2 aromatic rings. The topological polar surface area (TPSA) is 54.0 Å². The summed E-state index contributed by atoms with van der Waals surface area (Å²) in [5.41, 5.74) is 1.10. The summed E-state index contributed by atoms with van der Waals surface area (Å²) in [5.74, 6) is 0.508. The van der Waals surface area contributed by atoms with Crippen molar-refractivity contribution in [1.29, 1.82) is 0 Å². The molecule has 23 heavy (non-hydrogen) atoms. The Morgan fingerprint density at radius 1 is 1.09 bits per heavy atom. The van der Waals surface area contributed by atoms with Crippen LogP contribution in [0.25, 0.3) is 0 Å². The van der Waals surface area contributed by atoms with Crippen molar-refractivity contribution in [3.63, 3.8) is 0 Å². The highest BCUT2D eigenvalue weighted by atomic mass is 35.5. The molecule has 0 unspecified atom stereocenters. The highest BCUT2D eigenvalue weighted by Crippen LogP contribution is 2.24. The summed E-state index contributed by atoms with van der Waals surface area (Å²) in [6, 6.07) is 8.83. The number of anilines is 2. The molecule has 1 saturated carbocycles. The van der Waals surface area contributed by atoms with E-state index in [0.717, 1.165) is 18.7 Å². The molecule has 0 spiro atoms. The molecule has 1 aliphatic carbocycles. The third-order valence-electron chi connectivity index (χ3n) is 3.85. The highest BCUT2D eigenvalue weighted by molar-refractivity contribution is 6.35. The maximum absolute atomic E-state index is 12.4. The van der Waals surface area contributed by atoms with Gasteiger partial charge < -0.3 is 10.6 Å². The second kappa shape index (κ2) is 7.20. The SMILES string of the molecule is O=C(Nc1cc(Cl)cc(Cl)c1)c1ccnc(NC2CCCC2)c1. The minimum absolute atomic E-state index is 0.222. The number of pyridine rings is 1. The summed E-state index contributed by atoms with van der Waals surface area (Å²) in [6.45, 7) is 0. The van der Waals surface area contributed by atoms with Crippen molar-refractivity contribution in [2.75, 3.05) is 10.6 Å². The van der Waals surface area contributed by atoms with Crippen LogP contribution in [-0.2, 0) is 0 Å². The van der Waals surface area contributed by atoms with Gasteiger partial charge in [-0.2, -0.15) is 0 Å². The Labute approximate surface area is 145 Å². The standard InChI is InChI=1S/C17H17Cl2N3O/c18-12-8-13(19)10-15(9-12)22-17(23)11-5-6-20-16(7-11)21-14-3-1-2-4-14/h5-10,14H,1-4H2,(H,20,21)(H,22,23). The maximum atomic E-state index is 12.4. The lowest BCUT2D eigenvalue weighted by Gasteiger charge is -2.13. The van der Waals surface area contributed by atoms with Gasteiger partial charge in [0.2, 0.25) is 0 Å². The Morgan fingerprint density at radius 2 is 1.78 bits per heavy atom. The summed E-state index contributed by atoms with van der Waals surface area (Å²) in [5, 5.41) is 7.14. The molecule has 4 nitrogen and oxygen atoms in total. The Hall–Kier alpha value is -1.78. The normalized spacial score (nSPS) is 14.7. The maximum Gasteiger partial charge on any atom is 0.255 e. The lowest BCUT2D eigenvalue weighted by molar-refractivity contribution is 0.102. The van der Waals surface area contributed by atoms with Crippen LogP contribution in [0.2, 0.25) is 10.0 Å². The van der Waals surface area contributed by atoms with E-state index < -0.39 is 0 Å². The molecule has 0 aliphatic heterocycles. The number of halogens is 2. The zero-order valence-corrected chi connectivity index (χ0v) is 14.0. The molecule has 1 aliphatic rings. The van der Waals surface area contributed by atoms with Gasteiger partial charge in [0, 0.05) is 33.5 Å². The summed E-state index contributed by atoms with van der Waals surface area (Å²) < 4.78 is 0. The minimum atomic E-state index is -0.222. The molecule has 2 N–H and O–H groups in total. The Balaban J connectivity index is 1.71. The van der Waals surface area contributed by atoms with Gasteiger partial charge in [-0.05, 0) is 43.2 Å². The first kappa shape index (κ1) is 16.1. The van der Waals surface area contributed by atoms with E-state index in [2.05, 4.69) is 15.6 Å². The van der Waals surface area contributed by atoms with Crippen LogP contribution in [0.15, 0.2) is 36.5 Å². The fourth-order valence-corrected chi connectivity index (χ4v) is 3.29. The molecule has 0 saturated heterocycles. The van der Waals surface area contributed by atoms with Crippen LogP contribution in [0.4, 0.5) is 11.5 Å². The first-order valence-electron chi connectivity index (χ1n) is 7.60. The second-order valence-corrected chi connectivity index (χ2v) is 6.54. The molecule has 0 atom stereocenters. The third kappa shape index (κ3) is 4.36. The van der Waals surface area contributed by atoms with Crippen LogP contribution in [-0.4, -0.2) is 16.9 Å². The lowest BCUT2D eigenvalue weighted by Crippen LogP contribution is -2.17. The minimum Gasteiger partial charge on any atom is -0.367 e. The van der Waals surface area contributed by atoms with Gasteiger partial charge in [0.25, 0.3) is 5.91 Å². The number of carbonyl (C=O) groups excluding carboxylic acids is 1. The molecule has 0 bridgehead atoms. The van der Waals surface area contributed by atoms with Crippen LogP contribution in [0, 0.1) is 0 Å². The molecule has 1 aromatic carbocycles. The number of amides is 1. The van der Waals surface area contributed by atoms with Crippen molar-refractivity contribution in [3.8, 4) is 0 Å². The molecule has 1 heterocycles. The van der Waals surface area contributed by atoms with Gasteiger partial charge in [0.05, 0.1) is 0 Å². The van der Waals surface area contributed by atoms with Gasteiger partial charge >= 0.3 is 0 Å². The molecule has 0 radical (unpaired) electrons. The quantitative estimate of drug-likeness (QED) is 0.816. The Morgan fingerprint density at radius 3 is 2.48 bits per heavy atom. The van der Waals surface area contributed by atoms with Gasteiger partial charge in [0.1, 0.15) is 5.82 Å². The summed E-state index contributed by atoms with van der Waals surface area (Å²) in [4.78, 5) is 16.7. The summed E-state index contributed by atoms with van der Waals surface area (Å²) in [7, 11) is 0. The second-order valence-electron chi connectivity index (χ2n) is 5.67. The summed E-state index contributed by atoms with van der Waals surface area (Å²) >= 11 is 11.9. The molecule has 1 fully saturated rings. The average Bonchev–Trinajstić information content (AvgIpc) is 2.99. The van der Waals surface area contributed by atoms with Crippen molar-refractivity contribution >= 4 is 40.6 Å². The van der Waals surface area contributed by atoms with Crippen molar-refractivity contribution < 1.29 is 4.79 Å². The molecule has 3 rings (SSSR count). The van der Waals surface area contributed by atoms with Gasteiger partial charge in [-0.25, -0.2) is 4.98 Å². The van der Waals surface area contributed by atoms with Gasteiger partial charge in [-0.1, -0.05) is 36.0 Å². The largest absolute Gasteiger partial charge is 0.367 e. The van der Waals surface area contributed by atoms with E-state index in [1.165, 1.54) is 12.8 Å². The molecular weight excluding hydrogens is 333 g/mol. The smallest absolute Gasteiger partial charge is 0.255 e. The van der Waals surface area contributed by atoms with Crippen LogP contribution >= 0.6 is 23.2 Å². The Bertz CT molecular complexity index is 694. The number of benzene rings is 1. The monoisotopic (exact) mass is 349 g/mol. The van der Waals surface area contributed by atoms with Crippen molar-refractivity contribution in [3.05, 3.63) is 52.1 Å². The third-order valence-corrected chi connectivity index (χ3v) is 4.29. The Kier molecular flexibility index (Phi) is 5.03. The van der Waals surface area contributed by atoms with E-state index in [-0.39, 0.29) is 5.91 Å². The molecule has 120 valence electrons. The van der Waals surface area contributed by atoms with E-state index in [9.17, 15) is 4.79 Å². The number of hydrogen-bond donors (Lipinski definition) is 2. The number of carbonyl (C=O) groups is 1. The van der Waals surface area contributed by atoms with E-state index in [0.29, 0.717) is 27.3 Å². The van der Waals surface area contributed by atoms with Crippen LogP contribution in [0.5, 0.6) is 0 Å². The van der Waals surface area contributed by atoms with Gasteiger partial charge in [-0.15, -0.1) is 0 Å². The number of rotatable bonds is 4. The number of nitrogens with one attached hydrogen (secondary N) is 2. The predicted molar refractivity (Wildman–Crippen MR) is 94.5 cm³/mol. The zero-order valence-electron chi connectivity index (χ0n) is 12.5. The highest BCUT2D eigenvalue weighted by Gasteiger charge is 2.16. The number of aromatic nitrogens is 1. The van der Waals surface area contributed by atoms with Gasteiger partial charge in [0.15, 0.2) is 0 Å². The van der Waals surface area contributed by atoms with E-state index in [1.807, 2.05) is 0 Å². The fourth-order valence-electron chi connectivity index (χ4n) is 2.76. The van der Waals surface area contributed by atoms with Crippen LogP contribution in [0.1, 0.15) is 36.0 Å². The number of nitrogens with zero attached hydrogens (tertiary/aromatic N) is 1. The summed E-state index contributed by atoms with van der Waals surface area (Å²) in [6.07, 6.45) is 6.43. The van der Waals surface area contributed by atoms with Gasteiger partial charge in [-0.3, -0.25) is 4.79 Å². The van der Waals surface area contributed by atoms with Crippen molar-refractivity contribution in [1.82, 2.24) is 4.98 Å². The van der Waals surface area contributed by atoms with Crippen molar-refractivity contribution in [2.45, 2.75) is 31.7 Å². The first-order valence-corrected chi connectivity index (χ1v) is 8.36. The van der Waals surface area contributed by atoms with E-state index >= 15 is 0 Å². The van der Waals surface area contributed by atoms with Crippen molar-refractivity contribution in [2.24, 2.45) is 0 Å². The van der Waals surface area contributed by atoms with E-state index in [4.69, 9.17) is 23.2 Å². The average molecular weight is 350 g/mol. The predicted octanol–water partition coefficient (Wildman–Crippen LogP) is 5.00. The zero-order chi connectivity index (χ0) is 16.2. The molecule has 1 aromatic heterocycles. The fraction of sp³-hybridized carbons (Fsp3) is 0.294. The lowest BCUT2D eigenvalue weighted by atomic mass is 10.2. The molecule has 6 heteroatoms. The first-order chi connectivity index (χ1) is 11.1. The number of hydrogen-bond acceptors (Lipinski definition) is 3.